The summed E-state index contributed by atoms with van der Waals surface area (Å²) in [4.78, 5) is 0. The van der Waals surface area contributed by atoms with Gasteiger partial charge in [-0.3, -0.25) is 0 Å². The van der Waals surface area contributed by atoms with E-state index in [2.05, 4.69) is 20.7 Å². The van der Waals surface area contributed by atoms with Crippen LogP contribution in [0.4, 0.5) is 0 Å². The molecule has 17 heavy (non-hydrogen) atoms. The maximum atomic E-state index is 11.8. The van der Waals surface area contributed by atoms with Crippen molar-refractivity contribution in [2.75, 3.05) is 12.4 Å². The van der Waals surface area contributed by atoms with E-state index < -0.39 is 10.0 Å². The van der Waals surface area contributed by atoms with Crippen LogP contribution in [-0.4, -0.2) is 20.8 Å². The third-order valence-corrected chi connectivity index (χ3v) is 6.01. The van der Waals surface area contributed by atoms with Crippen LogP contribution in [0.1, 0.15) is 25.7 Å². The van der Waals surface area contributed by atoms with Crippen LogP contribution in [-0.2, 0) is 10.0 Å². The van der Waals surface area contributed by atoms with Gasteiger partial charge in [-0.15, -0.1) is 22.9 Å². The van der Waals surface area contributed by atoms with Gasteiger partial charge in [0.1, 0.15) is 4.21 Å². The first-order valence-electron chi connectivity index (χ1n) is 5.37. The van der Waals surface area contributed by atoms with E-state index in [1.54, 1.807) is 12.1 Å². The fourth-order valence-electron chi connectivity index (χ4n) is 1.29. The third-order valence-electron chi connectivity index (χ3n) is 2.17. The van der Waals surface area contributed by atoms with E-state index >= 15 is 0 Å². The molecule has 1 N–H and O–H groups in total. The van der Waals surface area contributed by atoms with Crippen LogP contribution in [0, 0.1) is 0 Å². The zero-order chi connectivity index (χ0) is 12.7. The van der Waals surface area contributed by atoms with Gasteiger partial charge in [-0.2, -0.15) is 0 Å². The number of rotatable bonds is 8. The van der Waals surface area contributed by atoms with Crippen molar-refractivity contribution in [2.24, 2.45) is 0 Å². The SMILES string of the molecule is O=S(=O)(NCCCCCCCl)c1ccc(Br)s1. The Morgan fingerprint density at radius 3 is 2.53 bits per heavy atom. The molecule has 1 aromatic rings. The lowest BCUT2D eigenvalue weighted by Crippen LogP contribution is -2.23. The van der Waals surface area contributed by atoms with Gasteiger partial charge in [0.2, 0.25) is 10.0 Å². The average molecular weight is 361 g/mol. The van der Waals surface area contributed by atoms with Crippen LogP contribution in [0.5, 0.6) is 0 Å². The van der Waals surface area contributed by atoms with E-state index in [0.29, 0.717) is 16.6 Å². The molecule has 0 bridgehead atoms. The van der Waals surface area contributed by atoms with Crippen LogP contribution in [0.2, 0.25) is 0 Å². The average Bonchev–Trinajstić information content (AvgIpc) is 2.71. The molecule has 0 atom stereocenters. The Kier molecular flexibility index (Phi) is 7.02. The van der Waals surface area contributed by atoms with E-state index in [1.165, 1.54) is 11.3 Å². The molecule has 3 nitrogen and oxygen atoms in total. The maximum Gasteiger partial charge on any atom is 0.250 e. The summed E-state index contributed by atoms with van der Waals surface area (Å²) in [5.74, 6) is 0.676. The lowest BCUT2D eigenvalue weighted by Gasteiger charge is -2.04. The molecule has 1 aromatic heterocycles. The summed E-state index contributed by atoms with van der Waals surface area (Å²) in [6.45, 7) is 0.486. The van der Waals surface area contributed by atoms with Gasteiger partial charge in [0.05, 0.1) is 3.79 Å². The molecule has 0 aliphatic carbocycles. The van der Waals surface area contributed by atoms with Crippen molar-refractivity contribution in [3.63, 3.8) is 0 Å². The fourth-order valence-corrected chi connectivity index (χ4v) is 4.61. The van der Waals surface area contributed by atoms with Crippen LogP contribution in [0.15, 0.2) is 20.1 Å². The number of thiophene rings is 1. The van der Waals surface area contributed by atoms with Gasteiger partial charge in [-0.05, 0) is 40.9 Å². The molecule has 98 valence electrons. The number of alkyl halides is 1. The predicted molar refractivity (Wildman–Crippen MR) is 76.4 cm³/mol. The van der Waals surface area contributed by atoms with Crippen molar-refractivity contribution < 1.29 is 8.42 Å². The van der Waals surface area contributed by atoms with Crippen molar-refractivity contribution in [1.82, 2.24) is 4.72 Å². The molecule has 0 unspecified atom stereocenters. The third kappa shape index (κ3) is 5.70. The van der Waals surface area contributed by atoms with Gasteiger partial charge >= 0.3 is 0 Å². The quantitative estimate of drug-likeness (QED) is 0.569. The summed E-state index contributed by atoms with van der Waals surface area (Å²) in [5.41, 5.74) is 0. The molecule has 0 aromatic carbocycles. The second-order valence-corrected chi connectivity index (χ2v) is 8.39. The molecule has 1 heterocycles. The highest BCUT2D eigenvalue weighted by Gasteiger charge is 2.15. The minimum absolute atomic E-state index is 0.352. The van der Waals surface area contributed by atoms with E-state index in [0.717, 1.165) is 29.5 Å². The molecular formula is C10H15BrClNO2S2. The zero-order valence-electron chi connectivity index (χ0n) is 9.29. The molecule has 1 rings (SSSR count). The van der Waals surface area contributed by atoms with Gasteiger partial charge < -0.3 is 0 Å². The van der Waals surface area contributed by atoms with Crippen molar-refractivity contribution in [1.29, 1.82) is 0 Å². The monoisotopic (exact) mass is 359 g/mol. The normalized spacial score (nSPS) is 11.9. The second-order valence-electron chi connectivity index (χ2n) is 3.56. The Bertz CT molecular complexity index is 433. The van der Waals surface area contributed by atoms with Crippen molar-refractivity contribution in [2.45, 2.75) is 29.9 Å². The highest BCUT2D eigenvalue weighted by Crippen LogP contribution is 2.25. The molecule has 7 heteroatoms. The summed E-state index contributed by atoms with van der Waals surface area (Å²) < 4.78 is 27.3. The second kappa shape index (κ2) is 7.74. The van der Waals surface area contributed by atoms with Crippen LogP contribution in [0.3, 0.4) is 0 Å². The first-order chi connectivity index (χ1) is 8.06. The number of hydrogen-bond acceptors (Lipinski definition) is 3. The molecule has 0 fully saturated rings. The predicted octanol–water partition coefficient (Wildman–Crippen LogP) is 3.59. The van der Waals surface area contributed by atoms with E-state index in [-0.39, 0.29) is 0 Å². The summed E-state index contributed by atoms with van der Waals surface area (Å²) in [6.07, 6.45) is 3.90. The van der Waals surface area contributed by atoms with Gasteiger partial charge in [0.15, 0.2) is 0 Å². The number of hydrogen-bond donors (Lipinski definition) is 1. The summed E-state index contributed by atoms with van der Waals surface area (Å²) in [6, 6.07) is 3.34. The Morgan fingerprint density at radius 1 is 1.24 bits per heavy atom. The molecule has 0 saturated heterocycles. The van der Waals surface area contributed by atoms with E-state index in [9.17, 15) is 8.42 Å². The minimum Gasteiger partial charge on any atom is -0.210 e. The molecule has 0 radical (unpaired) electrons. The van der Waals surface area contributed by atoms with Crippen LogP contribution in [0.25, 0.3) is 0 Å². The highest BCUT2D eigenvalue weighted by atomic mass is 79.9. The Morgan fingerprint density at radius 2 is 1.94 bits per heavy atom. The molecule has 0 aliphatic heterocycles. The first kappa shape index (κ1) is 15.4. The summed E-state index contributed by atoms with van der Waals surface area (Å²) in [5, 5.41) is 0. The minimum atomic E-state index is -3.32. The van der Waals surface area contributed by atoms with Crippen molar-refractivity contribution in [3.8, 4) is 0 Å². The van der Waals surface area contributed by atoms with Gasteiger partial charge in [0, 0.05) is 12.4 Å². The fraction of sp³-hybridized carbons (Fsp3) is 0.600. The number of nitrogens with one attached hydrogen (secondary N) is 1. The molecule has 0 aliphatic rings. The smallest absolute Gasteiger partial charge is 0.210 e. The summed E-state index contributed by atoms with van der Waals surface area (Å²) >= 11 is 10.0. The van der Waals surface area contributed by atoms with E-state index in [1.807, 2.05) is 0 Å². The number of sulfonamides is 1. The van der Waals surface area contributed by atoms with Crippen molar-refractivity contribution >= 4 is 48.9 Å². The molecular weight excluding hydrogens is 346 g/mol. The number of halogens is 2. The van der Waals surface area contributed by atoms with E-state index in [4.69, 9.17) is 11.6 Å². The largest absolute Gasteiger partial charge is 0.250 e. The van der Waals surface area contributed by atoms with Crippen LogP contribution < -0.4 is 4.72 Å². The lowest BCUT2D eigenvalue weighted by atomic mass is 10.2. The molecule has 0 spiro atoms. The standard InChI is InChI=1S/C10H15BrClNO2S2/c11-9-5-6-10(16-9)17(14,15)13-8-4-2-1-3-7-12/h5-6,13H,1-4,7-8H2. The lowest BCUT2D eigenvalue weighted by molar-refractivity contribution is 0.576. The summed E-state index contributed by atoms with van der Waals surface area (Å²) in [7, 11) is -3.32. The maximum absolute atomic E-state index is 11.8. The Labute approximate surface area is 120 Å². The Hall–Kier alpha value is 0.380. The van der Waals surface area contributed by atoms with Gasteiger partial charge in [-0.25, -0.2) is 13.1 Å². The van der Waals surface area contributed by atoms with Crippen LogP contribution >= 0.6 is 38.9 Å². The highest BCUT2D eigenvalue weighted by molar-refractivity contribution is 9.11. The van der Waals surface area contributed by atoms with Gasteiger partial charge in [0.25, 0.3) is 0 Å². The Balaban J connectivity index is 2.31. The molecule has 0 saturated carbocycles. The topological polar surface area (TPSA) is 46.2 Å². The number of unbranched alkanes of at least 4 members (excludes halogenated alkanes) is 3. The zero-order valence-corrected chi connectivity index (χ0v) is 13.3. The first-order valence-corrected chi connectivity index (χ1v) is 9.00. The molecule has 0 amide bonds. The van der Waals surface area contributed by atoms with Gasteiger partial charge in [-0.1, -0.05) is 12.8 Å². The van der Waals surface area contributed by atoms with Crippen molar-refractivity contribution in [3.05, 3.63) is 15.9 Å².